The van der Waals surface area contributed by atoms with Crippen molar-refractivity contribution < 1.29 is 13.9 Å². The molecule has 0 aliphatic rings. The smallest absolute Gasteiger partial charge is 0.167 e. The van der Waals surface area contributed by atoms with Gasteiger partial charge in [0.05, 0.1) is 6.61 Å². The number of ketones is 1. The number of hydrogen-bond acceptors (Lipinski definition) is 2. The van der Waals surface area contributed by atoms with Crippen molar-refractivity contribution in [1.82, 2.24) is 0 Å². The Morgan fingerprint density at radius 2 is 1.90 bits per heavy atom. The highest BCUT2D eigenvalue weighted by Crippen LogP contribution is 2.18. The summed E-state index contributed by atoms with van der Waals surface area (Å²) in [5.41, 5.74) is 0.871. The van der Waals surface area contributed by atoms with E-state index in [4.69, 9.17) is 16.3 Å². The molecule has 2 aromatic carbocycles. The highest BCUT2D eigenvalue weighted by molar-refractivity contribution is 6.30. The van der Waals surface area contributed by atoms with Crippen LogP contribution in [0, 0.1) is 5.82 Å². The Morgan fingerprint density at radius 3 is 2.50 bits per heavy atom. The quantitative estimate of drug-likeness (QED) is 0.768. The fourth-order valence-electron chi connectivity index (χ4n) is 1.84. The number of Topliss-reactive ketones (excluding diaryl/α,β-unsaturated/α-hetero) is 1. The van der Waals surface area contributed by atoms with Crippen LogP contribution in [0.5, 0.6) is 5.75 Å². The van der Waals surface area contributed by atoms with E-state index >= 15 is 0 Å². The molecule has 0 heterocycles. The van der Waals surface area contributed by atoms with E-state index < -0.39 is 5.82 Å². The molecule has 2 nitrogen and oxygen atoms in total. The molecule has 0 saturated heterocycles. The molecule has 0 atom stereocenters. The second-order valence-electron chi connectivity index (χ2n) is 4.29. The Balaban J connectivity index is 2.11. The summed E-state index contributed by atoms with van der Waals surface area (Å²) >= 11 is 5.68. The van der Waals surface area contributed by atoms with Crippen LogP contribution in [0.4, 0.5) is 4.39 Å². The number of hydrogen-bond donors (Lipinski definition) is 0. The minimum atomic E-state index is -0.461. The molecule has 0 N–H and O–H groups in total. The fourth-order valence-corrected chi connectivity index (χ4v) is 2.00. The van der Waals surface area contributed by atoms with Crippen LogP contribution < -0.4 is 4.74 Å². The summed E-state index contributed by atoms with van der Waals surface area (Å²) in [5, 5.41) is 0.319. The molecular weight excluding hydrogens is 279 g/mol. The van der Waals surface area contributed by atoms with Gasteiger partial charge in [0.15, 0.2) is 5.78 Å². The van der Waals surface area contributed by atoms with Crippen molar-refractivity contribution in [3.05, 3.63) is 64.4 Å². The van der Waals surface area contributed by atoms with Crippen LogP contribution in [0.25, 0.3) is 0 Å². The molecule has 2 rings (SSSR count). The standard InChI is InChI=1S/C16H14ClFO2/c1-2-20-14-7-4-11(5-8-14)16(19)9-12-3-6-13(17)10-15(12)18/h3-8,10H,2,9H2,1H3. The van der Waals surface area contributed by atoms with Crippen molar-refractivity contribution in [1.29, 1.82) is 0 Å². The van der Waals surface area contributed by atoms with Crippen molar-refractivity contribution in [2.45, 2.75) is 13.3 Å². The molecular formula is C16H14ClFO2. The van der Waals surface area contributed by atoms with Gasteiger partial charge in [-0.25, -0.2) is 4.39 Å². The van der Waals surface area contributed by atoms with Gasteiger partial charge in [-0.15, -0.1) is 0 Å². The molecule has 20 heavy (non-hydrogen) atoms. The van der Waals surface area contributed by atoms with Crippen LogP contribution in [-0.2, 0) is 6.42 Å². The summed E-state index contributed by atoms with van der Waals surface area (Å²) in [6.45, 7) is 2.46. The van der Waals surface area contributed by atoms with Crippen LogP contribution in [-0.4, -0.2) is 12.4 Å². The number of benzene rings is 2. The van der Waals surface area contributed by atoms with Gasteiger partial charge in [-0.1, -0.05) is 17.7 Å². The lowest BCUT2D eigenvalue weighted by Crippen LogP contribution is -2.05. The van der Waals surface area contributed by atoms with E-state index in [9.17, 15) is 9.18 Å². The van der Waals surface area contributed by atoms with Crippen molar-refractivity contribution >= 4 is 17.4 Å². The van der Waals surface area contributed by atoms with Gasteiger partial charge in [-0.2, -0.15) is 0 Å². The summed E-state index contributed by atoms with van der Waals surface area (Å²) in [6.07, 6.45) is 0.0109. The third kappa shape index (κ3) is 3.58. The van der Waals surface area contributed by atoms with E-state index in [2.05, 4.69) is 0 Å². The Hall–Kier alpha value is -1.87. The lowest BCUT2D eigenvalue weighted by Gasteiger charge is -2.06. The highest BCUT2D eigenvalue weighted by atomic mass is 35.5. The molecule has 0 bridgehead atoms. The average molecular weight is 293 g/mol. The molecule has 0 aliphatic heterocycles. The summed E-state index contributed by atoms with van der Waals surface area (Å²) in [7, 11) is 0. The van der Waals surface area contributed by atoms with Crippen molar-refractivity contribution in [3.63, 3.8) is 0 Å². The first-order chi connectivity index (χ1) is 9.60. The molecule has 0 fully saturated rings. The summed E-state index contributed by atoms with van der Waals surface area (Å²) < 4.78 is 18.9. The van der Waals surface area contributed by atoms with Gasteiger partial charge in [0.25, 0.3) is 0 Å². The van der Waals surface area contributed by atoms with E-state index in [-0.39, 0.29) is 12.2 Å². The highest BCUT2D eigenvalue weighted by Gasteiger charge is 2.11. The molecule has 0 spiro atoms. The molecule has 0 saturated carbocycles. The van der Waals surface area contributed by atoms with E-state index in [1.165, 1.54) is 12.1 Å². The lowest BCUT2D eigenvalue weighted by atomic mass is 10.0. The third-order valence-corrected chi connectivity index (χ3v) is 3.09. The van der Waals surface area contributed by atoms with Gasteiger partial charge in [0.1, 0.15) is 11.6 Å². The van der Waals surface area contributed by atoms with Gasteiger partial charge in [-0.05, 0) is 48.9 Å². The average Bonchev–Trinajstić information content (AvgIpc) is 2.43. The number of carbonyl (C=O) groups is 1. The Labute approximate surface area is 122 Å². The topological polar surface area (TPSA) is 26.3 Å². The monoisotopic (exact) mass is 292 g/mol. The maximum atomic E-state index is 13.6. The third-order valence-electron chi connectivity index (χ3n) is 2.85. The van der Waals surface area contributed by atoms with E-state index in [1.54, 1.807) is 30.3 Å². The predicted molar refractivity (Wildman–Crippen MR) is 77.1 cm³/mol. The van der Waals surface area contributed by atoms with E-state index in [1.807, 2.05) is 6.92 Å². The van der Waals surface area contributed by atoms with Crippen LogP contribution >= 0.6 is 11.6 Å². The first-order valence-corrected chi connectivity index (χ1v) is 6.68. The Kier molecular flexibility index (Phi) is 4.74. The van der Waals surface area contributed by atoms with Crippen LogP contribution in [0.2, 0.25) is 5.02 Å². The summed E-state index contributed by atoms with van der Waals surface area (Å²) in [5.74, 6) is 0.104. The van der Waals surface area contributed by atoms with Gasteiger partial charge in [0, 0.05) is 17.0 Å². The molecule has 0 aromatic heterocycles. The van der Waals surface area contributed by atoms with Crippen molar-refractivity contribution in [2.75, 3.05) is 6.61 Å². The predicted octanol–water partition coefficient (Wildman–Crippen LogP) is 4.30. The number of ether oxygens (including phenoxy) is 1. The first-order valence-electron chi connectivity index (χ1n) is 6.30. The van der Waals surface area contributed by atoms with Gasteiger partial charge in [0.2, 0.25) is 0 Å². The Bertz CT molecular complexity index is 608. The number of halogens is 2. The molecule has 2 aromatic rings. The maximum absolute atomic E-state index is 13.6. The van der Waals surface area contributed by atoms with Crippen LogP contribution in [0.15, 0.2) is 42.5 Å². The van der Waals surface area contributed by atoms with Crippen molar-refractivity contribution in [2.24, 2.45) is 0 Å². The second kappa shape index (κ2) is 6.53. The van der Waals surface area contributed by atoms with Crippen LogP contribution in [0.3, 0.4) is 0 Å². The van der Waals surface area contributed by atoms with Crippen LogP contribution in [0.1, 0.15) is 22.8 Å². The molecule has 0 radical (unpaired) electrons. The molecule has 104 valence electrons. The van der Waals surface area contributed by atoms with Gasteiger partial charge >= 0.3 is 0 Å². The van der Waals surface area contributed by atoms with Gasteiger partial charge in [-0.3, -0.25) is 4.79 Å². The minimum absolute atomic E-state index is 0.0109. The van der Waals surface area contributed by atoms with E-state index in [0.717, 1.165) is 0 Å². The number of carbonyl (C=O) groups excluding carboxylic acids is 1. The largest absolute Gasteiger partial charge is 0.494 e. The summed E-state index contributed by atoms with van der Waals surface area (Å²) in [4.78, 5) is 12.1. The molecule has 0 unspecified atom stereocenters. The zero-order valence-corrected chi connectivity index (χ0v) is 11.8. The Morgan fingerprint density at radius 1 is 1.20 bits per heavy atom. The second-order valence-corrected chi connectivity index (χ2v) is 4.73. The summed E-state index contributed by atoms with van der Waals surface area (Å²) in [6, 6.07) is 11.1. The lowest BCUT2D eigenvalue weighted by molar-refractivity contribution is 0.0992. The molecule has 4 heteroatoms. The minimum Gasteiger partial charge on any atom is -0.494 e. The first kappa shape index (κ1) is 14.5. The SMILES string of the molecule is CCOc1ccc(C(=O)Cc2ccc(Cl)cc2F)cc1. The fraction of sp³-hybridized carbons (Fsp3) is 0.188. The molecule has 0 aliphatic carbocycles. The number of rotatable bonds is 5. The van der Waals surface area contributed by atoms with E-state index in [0.29, 0.717) is 28.5 Å². The zero-order valence-electron chi connectivity index (χ0n) is 11.0. The normalized spacial score (nSPS) is 10.3. The molecule has 0 amide bonds. The maximum Gasteiger partial charge on any atom is 0.167 e. The zero-order chi connectivity index (χ0) is 14.5. The van der Waals surface area contributed by atoms with Crippen molar-refractivity contribution in [3.8, 4) is 5.75 Å². The van der Waals surface area contributed by atoms with Gasteiger partial charge < -0.3 is 4.74 Å².